The van der Waals surface area contributed by atoms with Crippen molar-refractivity contribution in [3.8, 4) is 11.3 Å². The minimum atomic E-state index is 0.460. The number of hydrogen-bond acceptors (Lipinski definition) is 4. The normalized spacial score (nSPS) is 10.8. The zero-order valence-corrected chi connectivity index (χ0v) is 11.5. The van der Waals surface area contributed by atoms with Crippen molar-refractivity contribution in [1.82, 2.24) is 20.0 Å². The first-order chi connectivity index (χ1) is 9.85. The van der Waals surface area contributed by atoms with E-state index in [0.717, 1.165) is 17.0 Å². The number of aryl methyl sites for hydroxylation is 1. The zero-order valence-electron chi connectivity index (χ0n) is 10.7. The third kappa shape index (κ3) is 2.88. The molecule has 0 atom stereocenters. The summed E-state index contributed by atoms with van der Waals surface area (Å²) in [6.07, 6.45) is 4.29. The molecule has 0 amide bonds. The molecule has 5 nitrogen and oxygen atoms in total. The van der Waals surface area contributed by atoms with E-state index in [1.54, 1.807) is 10.9 Å². The lowest BCUT2D eigenvalue weighted by molar-refractivity contribution is 0.469. The molecule has 0 aliphatic heterocycles. The van der Waals surface area contributed by atoms with Gasteiger partial charge < -0.3 is 4.42 Å². The van der Waals surface area contributed by atoms with E-state index in [2.05, 4.69) is 15.3 Å². The number of halogens is 1. The topological polar surface area (TPSA) is 56.7 Å². The predicted octanol–water partition coefficient (Wildman–Crippen LogP) is 2.76. The quantitative estimate of drug-likeness (QED) is 0.677. The molecule has 0 N–H and O–H groups in total. The first-order valence-electron chi connectivity index (χ1n) is 6.30. The molecule has 6 heteroatoms. The second-order valence-corrected chi connectivity index (χ2v) is 4.71. The Hall–Kier alpha value is -2.14. The number of benzene rings is 1. The summed E-state index contributed by atoms with van der Waals surface area (Å²) in [4.78, 5) is 4.26. The van der Waals surface area contributed by atoms with Gasteiger partial charge in [-0.1, -0.05) is 35.5 Å². The molecule has 0 saturated carbocycles. The Morgan fingerprint density at radius 1 is 1.20 bits per heavy atom. The van der Waals surface area contributed by atoms with Crippen LogP contribution in [0.15, 0.2) is 47.1 Å². The summed E-state index contributed by atoms with van der Waals surface area (Å²) in [5.41, 5.74) is 1.88. The largest absolute Gasteiger partial charge is 0.439 e. The first-order valence-corrected chi connectivity index (χ1v) is 6.84. The van der Waals surface area contributed by atoms with Crippen LogP contribution in [0, 0.1) is 0 Å². The van der Waals surface area contributed by atoms with Crippen molar-refractivity contribution < 1.29 is 4.42 Å². The number of nitrogens with zero attached hydrogens (tertiary/aromatic N) is 4. The van der Waals surface area contributed by atoms with Crippen LogP contribution in [0.1, 0.15) is 11.6 Å². The number of aromatic nitrogens is 4. The van der Waals surface area contributed by atoms with E-state index in [9.17, 15) is 0 Å². The van der Waals surface area contributed by atoms with Gasteiger partial charge in [0.15, 0.2) is 5.76 Å². The fourth-order valence-corrected chi connectivity index (χ4v) is 2.08. The minimum absolute atomic E-state index is 0.460. The summed E-state index contributed by atoms with van der Waals surface area (Å²) in [5, 5.41) is 8.05. The van der Waals surface area contributed by atoms with Crippen LogP contribution in [-0.4, -0.2) is 25.9 Å². The Morgan fingerprint density at radius 2 is 2.05 bits per heavy atom. The molecule has 3 aromatic rings. The molecule has 20 heavy (non-hydrogen) atoms. The number of hydrogen-bond donors (Lipinski definition) is 0. The molecule has 0 fully saturated rings. The van der Waals surface area contributed by atoms with Gasteiger partial charge in [-0.15, -0.1) is 16.7 Å². The molecular formula is C14H13ClN4O. The second-order valence-electron chi connectivity index (χ2n) is 4.33. The highest BCUT2D eigenvalue weighted by atomic mass is 35.5. The Kier molecular flexibility index (Phi) is 3.78. The highest BCUT2D eigenvalue weighted by Gasteiger charge is 2.08. The molecule has 102 valence electrons. The van der Waals surface area contributed by atoms with E-state index in [0.29, 0.717) is 24.7 Å². The van der Waals surface area contributed by atoms with Crippen LogP contribution in [-0.2, 0) is 13.0 Å². The molecule has 0 radical (unpaired) electrons. The maximum absolute atomic E-state index is 5.72. The summed E-state index contributed by atoms with van der Waals surface area (Å²) in [6.45, 7) is 0.460. The fraction of sp³-hybridized carbons (Fsp3) is 0.214. The van der Waals surface area contributed by atoms with Crippen LogP contribution in [0.4, 0.5) is 0 Å². The van der Waals surface area contributed by atoms with Gasteiger partial charge in [-0.05, 0) is 0 Å². The Balaban J connectivity index is 1.73. The molecule has 2 heterocycles. The molecule has 1 aromatic carbocycles. The lowest BCUT2D eigenvalue weighted by Gasteiger charge is -1.96. The van der Waals surface area contributed by atoms with Gasteiger partial charge in [0.2, 0.25) is 5.89 Å². The van der Waals surface area contributed by atoms with E-state index in [-0.39, 0.29) is 0 Å². The van der Waals surface area contributed by atoms with E-state index < -0.39 is 0 Å². The number of rotatable bonds is 5. The van der Waals surface area contributed by atoms with Gasteiger partial charge in [-0.25, -0.2) is 9.67 Å². The predicted molar refractivity (Wildman–Crippen MR) is 75.5 cm³/mol. The van der Waals surface area contributed by atoms with Gasteiger partial charge in [0, 0.05) is 24.1 Å². The standard InChI is InChI=1S/C14H13ClN4O/c15-7-6-12-9-19(18-17-12)10-14-16-8-13(20-14)11-4-2-1-3-5-11/h1-5,8-9H,6-7,10H2. The van der Waals surface area contributed by atoms with Crippen LogP contribution >= 0.6 is 11.6 Å². The van der Waals surface area contributed by atoms with E-state index in [1.807, 2.05) is 36.5 Å². The van der Waals surface area contributed by atoms with Crippen LogP contribution < -0.4 is 0 Å². The summed E-state index contributed by atoms with van der Waals surface area (Å²) >= 11 is 5.67. The second kappa shape index (κ2) is 5.88. The van der Waals surface area contributed by atoms with Gasteiger partial charge in [0.1, 0.15) is 6.54 Å². The van der Waals surface area contributed by atoms with Crippen LogP contribution in [0.2, 0.25) is 0 Å². The Bertz CT molecular complexity index is 677. The van der Waals surface area contributed by atoms with Gasteiger partial charge in [-0.3, -0.25) is 0 Å². The highest BCUT2D eigenvalue weighted by molar-refractivity contribution is 6.17. The van der Waals surface area contributed by atoms with E-state index >= 15 is 0 Å². The van der Waals surface area contributed by atoms with E-state index in [1.165, 1.54) is 0 Å². The summed E-state index contributed by atoms with van der Waals surface area (Å²) in [5.74, 6) is 1.89. The number of alkyl halides is 1. The summed E-state index contributed by atoms with van der Waals surface area (Å²) < 4.78 is 7.41. The third-order valence-corrected chi connectivity index (χ3v) is 3.03. The van der Waals surface area contributed by atoms with Crippen molar-refractivity contribution in [2.75, 3.05) is 5.88 Å². The Morgan fingerprint density at radius 3 is 2.85 bits per heavy atom. The van der Waals surface area contributed by atoms with Gasteiger partial charge >= 0.3 is 0 Å². The summed E-state index contributed by atoms with van der Waals surface area (Å²) in [6, 6.07) is 9.87. The third-order valence-electron chi connectivity index (χ3n) is 2.85. The summed E-state index contributed by atoms with van der Waals surface area (Å²) in [7, 11) is 0. The van der Waals surface area contributed by atoms with E-state index in [4.69, 9.17) is 16.0 Å². The molecule has 3 rings (SSSR count). The molecular weight excluding hydrogens is 276 g/mol. The average molecular weight is 289 g/mol. The Labute approximate surface area is 121 Å². The maximum atomic E-state index is 5.72. The monoisotopic (exact) mass is 288 g/mol. The zero-order chi connectivity index (χ0) is 13.8. The fourth-order valence-electron chi connectivity index (χ4n) is 1.88. The van der Waals surface area contributed by atoms with Crippen molar-refractivity contribution in [3.63, 3.8) is 0 Å². The first kappa shape index (κ1) is 12.9. The maximum Gasteiger partial charge on any atom is 0.216 e. The van der Waals surface area contributed by atoms with Gasteiger partial charge in [0.25, 0.3) is 0 Å². The van der Waals surface area contributed by atoms with Crippen LogP contribution in [0.3, 0.4) is 0 Å². The smallest absolute Gasteiger partial charge is 0.216 e. The van der Waals surface area contributed by atoms with Crippen molar-refractivity contribution >= 4 is 11.6 Å². The van der Waals surface area contributed by atoms with Crippen LogP contribution in [0.5, 0.6) is 0 Å². The molecule has 0 spiro atoms. The highest BCUT2D eigenvalue weighted by Crippen LogP contribution is 2.19. The SMILES string of the molecule is ClCCc1cn(Cc2ncc(-c3ccccc3)o2)nn1. The molecule has 2 aromatic heterocycles. The van der Waals surface area contributed by atoms with Crippen molar-refractivity contribution in [1.29, 1.82) is 0 Å². The minimum Gasteiger partial charge on any atom is -0.439 e. The van der Waals surface area contributed by atoms with Crippen molar-refractivity contribution in [3.05, 3.63) is 54.3 Å². The molecule has 0 aliphatic rings. The molecule has 0 saturated heterocycles. The lowest BCUT2D eigenvalue weighted by atomic mass is 10.2. The van der Waals surface area contributed by atoms with Crippen molar-refractivity contribution in [2.45, 2.75) is 13.0 Å². The van der Waals surface area contributed by atoms with Gasteiger partial charge in [-0.2, -0.15) is 0 Å². The lowest BCUT2D eigenvalue weighted by Crippen LogP contribution is -2.00. The molecule has 0 bridgehead atoms. The molecule has 0 unspecified atom stereocenters. The average Bonchev–Trinajstić information content (AvgIpc) is 3.11. The molecule has 0 aliphatic carbocycles. The van der Waals surface area contributed by atoms with Gasteiger partial charge in [0.05, 0.1) is 11.9 Å². The van der Waals surface area contributed by atoms with Crippen LogP contribution in [0.25, 0.3) is 11.3 Å². The van der Waals surface area contributed by atoms with Crippen molar-refractivity contribution in [2.24, 2.45) is 0 Å². The number of oxazole rings is 1.